The Morgan fingerprint density at radius 1 is 1.07 bits per heavy atom. The molecule has 27 heavy (non-hydrogen) atoms. The molecular formula is C23H27N2OS+. The summed E-state index contributed by atoms with van der Waals surface area (Å²) >= 11 is 1.74. The predicted octanol–water partition coefficient (Wildman–Crippen LogP) is 3.59. The molecule has 3 aromatic rings. The molecule has 0 aliphatic carbocycles. The lowest BCUT2D eigenvalue weighted by atomic mass is 10.0. The molecule has 0 unspecified atom stereocenters. The number of nitrogens with two attached hydrogens (primary N) is 1. The second-order valence-corrected chi connectivity index (χ2v) is 7.71. The highest BCUT2D eigenvalue weighted by Crippen LogP contribution is 2.23. The second kappa shape index (κ2) is 9.49. The van der Waals surface area contributed by atoms with E-state index < -0.39 is 0 Å². The molecule has 140 valence electrons. The van der Waals surface area contributed by atoms with Crippen molar-refractivity contribution >= 4 is 17.2 Å². The fourth-order valence-corrected chi connectivity index (χ4v) is 4.00. The molecule has 3 nitrogen and oxygen atoms in total. The maximum Gasteiger partial charge on any atom is 0.275 e. The van der Waals surface area contributed by atoms with Crippen LogP contribution in [0.15, 0.2) is 66.0 Å². The number of benzene rings is 2. The minimum absolute atomic E-state index is 0.0602. The molecule has 3 N–H and O–H groups in total. The van der Waals surface area contributed by atoms with Gasteiger partial charge < -0.3 is 10.6 Å². The molecule has 0 fully saturated rings. The SMILES string of the molecule is CCc1ccc([C@H]([NH2+]CC(=O)NCc2ccccc2C)c2cccs2)cc1. The number of carbonyl (C=O) groups is 1. The Kier molecular flexibility index (Phi) is 6.80. The zero-order valence-electron chi connectivity index (χ0n) is 15.9. The van der Waals surface area contributed by atoms with Crippen molar-refractivity contribution in [2.75, 3.05) is 6.54 Å². The Labute approximate surface area is 165 Å². The van der Waals surface area contributed by atoms with Crippen molar-refractivity contribution in [1.29, 1.82) is 0 Å². The van der Waals surface area contributed by atoms with Crippen LogP contribution in [0.25, 0.3) is 0 Å². The third kappa shape index (κ3) is 5.28. The molecular weight excluding hydrogens is 352 g/mol. The molecule has 1 aromatic heterocycles. The lowest BCUT2D eigenvalue weighted by molar-refractivity contribution is -0.676. The number of quaternary nitrogens is 1. The zero-order chi connectivity index (χ0) is 19.1. The normalized spacial score (nSPS) is 11.9. The van der Waals surface area contributed by atoms with Gasteiger partial charge in [-0.1, -0.05) is 61.5 Å². The van der Waals surface area contributed by atoms with E-state index in [1.807, 2.05) is 12.1 Å². The van der Waals surface area contributed by atoms with Crippen LogP contribution in [0.3, 0.4) is 0 Å². The van der Waals surface area contributed by atoms with Crippen LogP contribution in [0, 0.1) is 6.92 Å². The first-order valence-corrected chi connectivity index (χ1v) is 10.3. The highest BCUT2D eigenvalue weighted by Gasteiger charge is 2.20. The van der Waals surface area contributed by atoms with Crippen molar-refractivity contribution in [3.8, 4) is 0 Å². The summed E-state index contributed by atoms with van der Waals surface area (Å²) < 4.78 is 0. The molecule has 0 radical (unpaired) electrons. The summed E-state index contributed by atoms with van der Waals surface area (Å²) in [5, 5.41) is 7.26. The van der Waals surface area contributed by atoms with Gasteiger partial charge in [0.1, 0.15) is 6.04 Å². The summed E-state index contributed by atoms with van der Waals surface area (Å²) in [5.74, 6) is 0.0602. The predicted molar refractivity (Wildman–Crippen MR) is 112 cm³/mol. The van der Waals surface area contributed by atoms with Crippen LogP contribution in [-0.2, 0) is 17.8 Å². The van der Waals surface area contributed by atoms with Gasteiger partial charge in [0, 0.05) is 12.1 Å². The van der Waals surface area contributed by atoms with Crippen LogP contribution in [0.1, 0.15) is 40.1 Å². The number of aryl methyl sites for hydroxylation is 2. The van der Waals surface area contributed by atoms with Crippen LogP contribution in [0.4, 0.5) is 0 Å². The quantitative estimate of drug-likeness (QED) is 0.617. The van der Waals surface area contributed by atoms with Gasteiger partial charge in [0.05, 0.1) is 4.88 Å². The van der Waals surface area contributed by atoms with Gasteiger partial charge in [0.15, 0.2) is 6.54 Å². The van der Waals surface area contributed by atoms with Crippen molar-refractivity contribution in [1.82, 2.24) is 5.32 Å². The van der Waals surface area contributed by atoms with E-state index in [4.69, 9.17) is 0 Å². The Morgan fingerprint density at radius 3 is 2.52 bits per heavy atom. The van der Waals surface area contributed by atoms with Crippen molar-refractivity contribution in [2.24, 2.45) is 0 Å². The van der Waals surface area contributed by atoms with Gasteiger partial charge in [-0.3, -0.25) is 4.79 Å². The van der Waals surface area contributed by atoms with Gasteiger partial charge in [-0.2, -0.15) is 0 Å². The van der Waals surface area contributed by atoms with Crippen molar-refractivity contribution in [3.05, 3.63) is 93.2 Å². The first-order chi connectivity index (χ1) is 13.2. The molecule has 3 rings (SSSR count). The number of hydrogen-bond acceptors (Lipinski definition) is 2. The van der Waals surface area contributed by atoms with E-state index >= 15 is 0 Å². The summed E-state index contributed by atoms with van der Waals surface area (Å²) in [6.07, 6.45) is 1.04. The van der Waals surface area contributed by atoms with E-state index in [9.17, 15) is 4.79 Å². The van der Waals surface area contributed by atoms with E-state index in [1.165, 1.54) is 21.6 Å². The van der Waals surface area contributed by atoms with Gasteiger partial charge in [-0.15, -0.1) is 11.3 Å². The molecule has 2 aromatic carbocycles. The highest BCUT2D eigenvalue weighted by atomic mass is 32.1. The molecule has 4 heteroatoms. The molecule has 0 bridgehead atoms. The maximum atomic E-state index is 12.4. The van der Waals surface area contributed by atoms with Crippen LogP contribution < -0.4 is 10.6 Å². The Morgan fingerprint density at radius 2 is 1.85 bits per heavy atom. The molecule has 1 heterocycles. The number of rotatable bonds is 8. The van der Waals surface area contributed by atoms with Crippen molar-refractivity contribution < 1.29 is 10.1 Å². The number of nitrogens with one attached hydrogen (secondary N) is 1. The van der Waals surface area contributed by atoms with Crippen LogP contribution in [0.2, 0.25) is 0 Å². The summed E-state index contributed by atoms with van der Waals surface area (Å²) in [5.41, 5.74) is 4.94. The average Bonchev–Trinajstić information content (AvgIpc) is 3.22. The fraction of sp³-hybridized carbons (Fsp3) is 0.261. The number of hydrogen-bond donors (Lipinski definition) is 2. The zero-order valence-corrected chi connectivity index (χ0v) is 16.8. The average molecular weight is 380 g/mol. The summed E-state index contributed by atoms with van der Waals surface area (Å²) in [6.45, 7) is 5.22. The molecule has 0 saturated carbocycles. The Bertz CT molecular complexity index is 856. The van der Waals surface area contributed by atoms with Gasteiger partial charge in [-0.05, 0) is 41.5 Å². The van der Waals surface area contributed by atoms with E-state index in [2.05, 4.69) is 78.4 Å². The third-order valence-electron chi connectivity index (χ3n) is 4.87. The molecule has 1 atom stereocenters. The number of amides is 1. The van der Waals surface area contributed by atoms with Crippen LogP contribution in [-0.4, -0.2) is 12.5 Å². The minimum atomic E-state index is 0.0602. The molecule has 1 amide bonds. The molecule has 0 aliphatic heterocycles. The van der Waals surface area contributed by atoms with Crippen LogP contribution >= 0.6 is 11.3 Å². The molecule has 0 spiro atoms. The van der Waals surface area contributed by atoms with E-state index in [0.29, 0.717) is 13.1 Å². The van der Waals surface area contributed by atoms with Gasteiger partial charge in [-0.25, -0.2) is 0 Å². The topological polar surface area (TPSA) is 45.7 Å². The largest absolute Gasteiger partial charge is 0.347 e. The third-order valence-corrected chi connectivity index (χ3v) is 5.83. The summed E-state index contributed by atoms with van der Waals surface area (Å²) in [6, 6.07) is 21.3. The Hall–Kier alpha value is -2.43. The summed E-state index contributed by atoms with van der Waals surface area (Å²) in [4.78, 5) is 13.7. The minimum Gasteiger partial charge on any atom is -0.347 e. The lowest BCUT2D eigenvalue weighted by Gasteiger charge is -2.15. The summed E-state index contributed by atoms with van der Waals surface area (Å²) in [7, 11) is 0. The standard InChI is InChI=1S/C23H26N2OS/c1-3-18-10-12-19(13-11-18)23(21-9-6-14-27-21)25-16-22(26)24-15-20-8-5-4-7-17(20)2/h4-14,23,25H,3,15-16H2,1-2H3,(H,24,26)/p+1/t23-/m0/s1. The molecule has 0 saturated heterocycles. The van der Waals surface area contributed by atoms with Gasteiger partial charge in [0.2, 0.25) is 0 Å². The van der Waals surface area contributed by atoms with E-state index in [0.717, 1.165) is 12.0 Å². The van der Waals surface area contributed by atoms with Crippen molar-refractivity contribution in [3.63, 3.8) is 0 Å². The first-order valence-electron chi connectivity index (χ1n) is 9.44. The number of thiophene rings is 1. The smallest absolute Gasteiger partial charge is 0.275 e. The monoisotopic (exact) mass is 379 g/mol. The van der Waals surface area contributed by atoms with Crippen molar-refractivity contribution in [2.45, 2.75) is 32.9 Å². The van der Waals surface area contributed by atoms with Gasteiger partial charge >= 0.3 is 0 Å². The van der Waals surface area contributed by atoms with E-state index in [1.54, 1.807) is 11.3 Å². The van der Waals surface area contributed by atoms with Gasteiger partial charge in [0.25, 0.3) is 5.91 Å². The molecule has 0 aliphatic rings. The second-order valence-electron chi connectivity index (χ2n) is 6.73. The van der Waals surface area contributed by atoms with E-state index in [-0.39, 0.29) is 11.9 Å². The highest BCUT2D eigenvalue weighted by molar-refractivity contribution is 7.10. The van der Waals surface area contributed by atoms with Crippen LogP contribution in [0.5, 0.6) is 0 Å². The first kappa shape index (κ1) is 19.3. The lowest BCUT2D eigenvalue weighted by Crippen LogP contribution is -2.87. The fourth-order valence-electron chi connectivity index (χ4n) is 3.14. The Balaban J connectivity index is 1.62. The number of carbonyl (C=O) groups excluding carboxylic acids is 1. The maximum absolute atomic E-state index is 12.4.